The van der Waals surface area contributed by atoms with E-state index < -0.39 is 0 Å². The Balaban J connectivity index is 2.09. The van der Waals surface area contributed by atoms with Crippen molar-refractivity contribution in [2.75, 3.05) is 13.1 Å². The van der Waals surface area contributed by atoms with Crippen LogP contribution in [0.25, 0.3) is 0 Å². The van der Waals surface area contributed by atoms with Crippen LogP contribution in [0.4, 0.5) is 0 Å². The fraction of sp³-hybridized carbons (Fsp3) is 0.412. The molecule has 0 saturated heterocycles. The molecule has 1 heterocycles. The first-order valence-corrected chi connectivity index (χ1v) is 7.98. The lowest BCUT2D eigenvalue weighted by Gasteiger charge is -2.17. The molecule has 0 fully saturated rings. The summed E-state index contributed by atoms with van der Waals surface area (Å²) in [5.74, 6) is 0.574. The zero-order valence-electron chi connectivity index (χ0n) is 11.9. The predicted molar refractivity (Wildman–Crippen MR) is 85.1 cm³/mol. The number of aryl methyl sites for hydroxylation is 1. The molecule has 1 aromatic heterocycles. The first-order valence-electron chi connectivity index (χ1n) is 7.16. The molecule has 0 bridgehead atoms. The monoisotopic (exact) mass is 273 g/mol. The molecule has 2 aromatic rings. The fourth-order valence-corrected chi connectivity index (χ4v) is 3.35. The van der Waals surface area contributed by atoms with Crippen molar-refractivity contribution in [2.24, 2.45) is 0 Å². The summed E-state index contributed by atoms with van der Waals surface area (Å²) in [4.78, 5) is 2.99. The number of benzene rings is 1. The lowest BCUT2D eigenvalue weighted by Crippen LogP contribution is -2.22. The van der Waals surface area contributed by atoms with E-state index >= 15 is 0 Å². The van der Waals surface area contributed by atoms with Crippen molar-refractivity contribution in [3.8, 4) is 0 Å². The first-order chi connectivity index (χ1) is 9.33. The summed E-state index contributed by atoms with van der Waals surface area (Å²) in [6.45, 7) is 6.49. The average Bonchev–Trinajstić information content (AvgIpc) is 2.92. The van der Waals surface area contributed by atoms with Crippen LogP contribution in [0.3, 0.4) is 0 Å². The maximum atomic E-state index is 3.49. The van der Waals surface area contributed by atoms with E-state index in [1.165, 1.54) is 15.3 Å². The number of nitrogens with one attached hydrogen (secondary N) is 1. The SMILES string of the molecule is CCNCC(Cc1ccc(CC)s1)c1ccccc1. The molecule has 0 aliphatic rings. The maximum absolute atomic E-state index is 3.49. The van der Waals surface area contributed by atoms with Crippen molar-refractivity contribution >= 4 is 11.3 Å². The molecule has 102 valence electrons. The van der Waals surface area contributed by atoms with Crippen molar-refractivity contribution in [3.63, 3.8) is 0 Å². The average molecular weight is 273 g/mol. The van der Waals surface area contributed by atoms with Crippen molar-refractivity contribution < 1.29 is 0 Å². The smallest absolute Gasteiger partial charge is 0.00547 e. The number of hydrogen-bond donors (Lipinski definition) is 1. The standard InChI is InChI=1S/C17H23NS/c1-3-16-10-11-17(19-16)12-15(13-18-4-2)14-8-6-5-7-9-14/h5-11,15,18H,3-4,12-13H2,1-2H3. The van der Waals surface area contributed by atoms with Gasteiger partial charge >= 0.3 is 0 Å². The third-order valence-corrected chi connectivity index (χ3v) is 4.68. The van der Waals surface area contributed by atoms with Gasteiger partial charge in [-0.1, -0.05) is 44.2 Å². The zero-order valence-corrected chi connectivity index (χ0v) is 12.7. The van der Waals surface area contributed by atoms with Gasteiger partial charge in [0.1, 0.15) is 0 Å². The number of thiophene rings is 1. The van der Waals surface area contributed by atoms with Crippen LogP contribution in [0.1, 0.15) is 35.1 Å². The molecule has 0 saturated carbocycles. The van der Waals surface area contributed by atoms with Crippen LogP contribution < -0.4 is 5.32 Å². The Hall–Kier alpha value is -1.12. The predicted octanol–water partition coefficient (Wildman–Crippen LogP) is 4.25. The van der Waals surface area contributed by atoms with Crippen molar-refractivity contribution in [3.05, 3.63) is 57.8 Å². The van der Waals surface area contributed by atoms with Crippen LogP contribution in [-0.2, 0) is 12.8 Å². The Labute approximate surface area is 120 Å². The van der Waals surface area contributed by atoms with Gasteiger partial charge in [-0.2, -0.15) is 0 Å². The normalized spacial score (nSPS) is 12.5. The third-order valence-electron chi connectivity index (χ3n) is 3.43. The van der Waals surface area contributed by atoms with Gasteiger partial charge in [0.05, 0.1) is 0 Å². The highest BCUT2D eigenvalue weighted by atomic mass is 32.1. The van der Waals surface area contributed by atoms with Crippen LogP contribution in [0.15, 0.2) is 42.5 Å². The minimum atomic E-state index is 0.574. The Morgan fingerprint density at radius 1 is 1.00 bits per heavy atom. The molecule has 0 aliphatic carbocycles. The maximum Gasteiger partial charge on any atom is 0.00547 e. The fourth-order valence-electron chi connectivity index (χ4n) is 2.32. The van der Waals surface area contributed by atoms with Gasteiger partial charge in [-0.25, -0.2) is 0 Å². The molecule has 1 N–H and O–H groups in total. The third kappa shape index (κ3) is 4.19. The summed E-state index contributed by atoms with van der Waals surface area (Å²) in [6, 6.07) is 15.4. The summed E-state index contributed by atoms with van der Waals surface area (Å²) in [7, 11) is 0. The van der Waals surface area contributed by atoms with Crippen molar-refractivity contribution in [1.29, 1.82) is 0 Å². The number of likely N-dealkylation sites (N-methyl/N-ethyl adjacent to an activating group) is 1. The number of hydrogen-bond acceptors (Lipinski definition) is 2. The summed E-state index contributed by atoms with van der Waals surface area (Å²) in [5.41, 5.74) is 1.44. The van der Waals surface area contributed by atoms with Crippen LogP contribution in [0.5, 0.6) is 0 Å². The molecule has 2 heteroatoms. The Morgan fingerprint density at radius 3 is 2.37 bits per heavy atom. The molecule has 1 nitrogen and oxygen atoms in total. The number of rotatable bonds is 7. The highest BCUT2D eigenvalue weighted by molar-refractivity contribution is 7.11. The topological polar surface area (TPSA) is 12.0 Å². The van der Waals surface area contributed by atoms with Crippen molar-refractivity contribution in [2.45, 2.75) is 32.6 Å². The molecular weight excluding hydrogens is 250 g/mol. The van der Waals surface area contributed by atoms with Gasteiger partial charge in [0, 0.05) is 22.2 Å². The van der Waals surface area contributed by atoms with Gasteiger partial charge in [0.25, 0.3) is 0 Å². The van der Waals surface area contributed by atoms with Gasteiger partial charge in [0.2, 0.25) is 0 Å². The van der Waals surface area contributed by atoms with Gasteiger partial charge in [-0.15, -0.1) is 11.3 Å². The van der Waals surface area contributed by atoms with E-state index in [1.54, 1.807) is 0 Å². The first kappa shape index (κ1) is 14.3. The Morgan fingerprint density at radius 2 is 1.74 bits per heavy atom. The van der Waals surface area contributed by atoms with Crippen molar-refractivity contribution in [1.82, 2.24) is 5.32 Å². The zero-order chi connectivity index (χ0) is 13.5. The van der Waals surface area contributed by atoms with Crippen LogP contribution in [0.2, 0.25) is 0 Å². The highest BCUT2D eigenvalue weighted by Crippen LogP contribution is 2.25. The lowest BCUT2D eigenvalue weighted by atomic mass is 9.95. The second-order valence-corrected chi connectivity index (χ2v) is 6.09. The quantitative estimate of drug-likeness (QED) is 0.795. The van der Waals surface area contributed by atoms with E-state index in [-0.39, 0.29) is 0 Å². The molecule has 2 rings (SSSR count). The summed E-state index contributed by atoms with van der Waals surface area (Å²) in [5, 5.41) is 3.49. The van der Waals surface area contributed by atoms with E-state index in [2.05, 4.69) is 61.6 Å². The van der Waals surface area contributed by atoms with Gasteiger partial charge in [-0.05, 0) is 37.1 Å². The van der Waals surface area contributed by atoms with Gasteiger partial charge < -0.3 is 5.32 Å². The molecule has 0 radical (unpaired) electrons. The second kappa shape index (κ2) is 7.46. The minimum absolute atomic E-state index is 0.574. The van der Waals surface area contributed by atoms with Gasteiger partial charge in [0.15, 0.2) is 0 Å². The lowest BCUT2D eigenvalue weighted by molar-refractivity contribution is 0.598. The molecule has 0 aliphatic heterocycles. The van der Waals surface area contributed by atoms with Crippen LogP contribution in [-0.4, -0.2) is 13.1 Å². The summed E-state index contributed by atoms with van der Waals surface area (Å²) >= 11 is 1.96. The van der Waals surface area contributed by atoms with E-state index in [4.69, 9.17) is 0 Å². The molecule has 1 aromatic carbocycles. The van der Waals surface area contributed by atoms with E-state index in [0.29, 0.717) is 5.92 Å². The van der Waals surface area contributed by atoms with Crippen LogP contribution in [0, 0.1) is 0 Å². The second-order valence-electron chi connectivity index (χ2n) is 4.84. The molecular formula is C17H23NS. The van der Waals surface area contributed by atoms with E-state index in [1.807, 2.05) is 11.3 Å². The van der Waals surface area contributed by atoms with Gasteiger partial charge in [-0.3, -0.25) is 0 Å². The molecule has 1 unspecified atom stereocenters. The highest BCUT2D eigenvalue weighted by Gasteiger charge is 2.12. The largest absolute Gasteiger partial charge is 0.316 e. The Bertz CT molecular complexity index is 475. The molecule has 19 heavy (non-hydrogen) atoms. The molecule has 0 amide bonds. The van der Waals surface area contributed by atoms with Crippen LogP contribution >= 0.6 is 11.3 Å². The Kier molecular flexibility index (Phi) is 5.62. The minimum Gasteiger partial charge on any atom is -0.316 e. The summed E-state index contributed by atoms with van der Waals surface area (Å²) in [6.07, 6.45) is 2.29. The van der Waals surface area contributed by atoms with E-state index in [9.17, 15) is 0 Å². The van der Waals surface area contributed by atoms with E-state index in [0.717, 1.165) is 25.9 Å². The molecule has 1 atom stereocenters. The molecule has 0 spiro atoms. The summed E-state index contributed by atoms with van der Waals surface area (Å²) < 4.78 is 0.